The molecule has 0 saturated heterocycles. The Hall–Kier alpha value is -0.950. The van der Waals surface area contributed by atoms with Crippen LogP contribution in [-0.4, -0.2) is 0 Å². The molecule has 0 heterocycles. The van der Waals surface area contributed by atoms with E-state index >= 15 is 0 Å². The SMILES string of the molecule is Br.Br[PH](c1ccccc1)(c1ccccc1)c1ccccc1. The van der Waals surface area contributed by atoms with E-state index in [2.05, 4.69) is 106 Å². The normalized spacial score (nSPS) is 11.5. The van der Waals surface area contributed by atoms with E-state index in [0.29, 0.717) is 0 Å². The maximum absolute atomic E-state index is 4.15. The van der Waals surface area contributed by atoms with Gasteiger partial charge in [-0.25, -0.2) is 0 Å². The minimum atomic E-state index is -2.07. The van der Waals surface area contributed by atoms with Crippen LogP contribution < -0.4 is 15.9 Å². The topological polar surface area (TPSA) is 0 Å². The van der Waals surface area contributed by atoms with Crippen molar-refractivity contribution in [2.24, 2.45) is 0 Å². The molecule has 3 rings (SSSR count). The van der Waals surface area contributed by atoms with Gasteiger partial charge >= 0.3 is 128 Å². The van der Waals surface area contributed by atoms with E-state index in [9.17, 15) is 0 Å². The van der Waals surface area contributed by atoms with Crippen LogP contribution in [-0.2, 0) is 0 Å². The Kier molecular flexibility index (Phi) is 5.75. The zero-order valence-corrected chi connectivity index (χ0v) is 15.7. The van der Waals surface area contributed by atoms with E-state index in [1.54, 1.807) is 0 Å². The molecule has 108 valence electrons. The van der Waals surface area contributed by atoms with Gasteiger partial charge in [-0.1, -0.05) is 0 Å². The number of hydrogen-bond acceptors (Lipinski definition) is 0. The molecular weight excluding hydrogens is 407 g/mol. The molecule has 3 aromatic rings. The predicted octanol–water partition coefficient (Wildman–Crippen LogP) is 4.60. The van der Waals surface area contributed by atoms with Crippen molar-refractivity contribution in [2.75, 3.05) is 0 Å². The van der Waals surface area contributed by atoms with Gasteiger partial charge in [-0.2, -0.15) is 0 Å². The summed E-state index contributed by atoms with van der Waals surface area (Å²) in [6, 6.07) is 32.2. The first-order valence-corrected chi connectivity index (χ1v) is 10.9. The minimum absolute atomic E-state index is 0. The second-order valence-electron chi connectivity index (χ2n) is 4.76. The molecule has 0 N–H and O–H groups in total. The van der Waals surface area contributed by atoms with Crippen LogP contribution in [0.15, 0.2) is 91.0 Å². The molecule has 0 saturated carbocycles. The first kappa shape index (κ1) is 16.4. The summed E-state index contributed by atoms with van der Waals surface area (Å²) in [4.78, 5) is 0. The average molecular weight is 424 g/mol. The molecule has 0 aliphatic carbocycles. The van der Waals surface area contributed by atoms with Gasteiger partial charge in [0.15, 0.2) is 0 Å². The molecular formula is C18H17Br2P. The summed E-state index contributed by atoms with van der Waals surface area (Å²) in [5, 5.41) is 4.12. The van der Waals surface area contributed by atoms with E-state index in [1.165, 1.54) is 15.9 Å². The van der Waals surface area contributed by atoms with Gasteiger partial charge in [-0.05, 0) is 0 Å². The summed E-state index contributed by atoms with van der Waals surface area (Å²) in [6.07, 6.45) is 0. The Morgan fingerprint density at radius 1 is 0.476 bits per heavy atom. The third kappa shape index (κ3) is 3.29. The molecule has 0 spiro atoms. The molecule has 0 amide bonds. The monoisotopic (exact) mass is 422 g/mol. The summed E-state index contributed by atoms with van der Waals surface area (Å²) in [5.74, 6) is -2.07. The fraction of sp³-hybridized carbons (Fsp3) is 0. The Bertz CT molecular complexity index is 573. The van der Waals surface area contributed by atoms with Crippen LogP contribution in [0.4, 0.5) is 0 Å². The first-order valence-electron chi connectivity index (χ1n) is 6.67. The summed E-state index contributed by atoms with van der Waals surface area (Å²) < 4.78 is 0. The molecule has 0 bridgehead atoms. The number of rotatable bonds is 3. The van der Waals surface area contributed by atoms with Gasteiger partial charge in [-0.3, -0.25) is 0 Å². The second-order valence-corrected chi connectivity index (χ2v) is 11.4. The maximum atomic E-state index is 4.15. The van der Waals surface area contributed by atoms with Gasteiger partial charge in [0.05, 0.1) is 0 Å². The number of halogens is 2. The third-order valence-corrected chi connectivity index (χ3v) is 11.0. The van der Waals surface area contributed by atoms with E-state index < -0.39 is 5.96 Å². The number of hydrogen-bond donors (Lipinski definition) is 0. The van der Waals surface area contributed by atoms with E-state index in [4.69, 9.17) is 0 Å². The van der Waals surface area contributed by atoms with Gasteiger partial charge < -0.3 is 0 Å². The molecule has 21 heavy (non-hydrogen) atoms. The molecule has 3 aromatic carbocycles. The van der Waals surface area contributed by atoms with E-state index in [-0.39, 0.29) is 17.0 Å². The van der Waals surface area contributed by atoms with Crippen LogP contribution in [0.1, 0.15) is 0 Å². The zero-order chi connectivity index (χ0) is 13.8. The van der Waals surface area contributed by atoms with Crippen molar-refractivity contribution in [2.45, 2.75) is 0 Å². The van der Waals surface area contributed by atoms with Crippen molar-refractivity contribution < 1.29 is 0 Å². The van der Waals surface area contributed by atoms with Crippen LogP contribution in [0.25, 0.3) is 0 Å². The summed E-state index contributed by atoms with van der Waals surface area (Å²) >= 11 is 4.15. The summed E-state index contributed by atoms with van der Waals surface area (Å²) in [5.41, 5.74) is 0. The second kappa shape index (κ2) is 7.35. The Labute approximate surface area is 145 Å². The van der Waals surface area contributed by atoms with Crippen molar-refractivity contribution in [1.29, 1.82) is 0 Å². The van der Waals surface area contributed by atoms with Crippen LogP contribution in [0.5, 0.6) is 0 Å². The standard InChI is InChI=1S/C18H16BrP.BrH/c19-20(16-10-4-1-5-11-16,17-12-6-2-7-13-17)18-14-8-3-9-15-18;/h1-15,20H;1H. The Morgan fingerprint density at radius 3 is 0.952 bits per heavy atom. The predicted molar refractivity (Wildman–Crippen MR) is 106 cm³/mol. The van der Waals surface area contributed by atoms with Gasteiger partial charge in [0, 0.05) is 0 Å². The Balaban J connectivity index is 0.00000161. The zero-order valence-electron chi connectivity index (χ0n) is 11.4. The summed E-state index contributed by atoms with van der Waals surface area (Å²) in [7, 11) is 0. The molecule has 0 unspecified atom stereocenters. The van der Waals surface area contributed by atoms with Crippen molar-refractivity contribution in [1.82, 2.24) is 0 Å². The first-order chi connectivity index (χ1) is 9.82. The molecule has 0 aromatic heterocycles. The summed E-state index contributed by atoms with van der Waals surface area (Å²) in [6.45, 7) is 0. The van der Waals surface area contributed by atoms with Gasteiger partial charge in [0.25, 0.3) is 0 Å². The van der Waals surface area contributed by atoms with Crippen LogP contribution >= 0.6 is 38.4 Å². The fourth-order valence-corrected chi connectivity index (χ4v) is 7.84. The molecule has 0 atom stereocenters. The third-order valence-electron chi connectivity index (χ3n) is 3.51. The molecule has 0 aliphatic rings. The van der Waals surface area contributed by atoms with E-state index in [0.717, 1.165) is 0 Å². The van der Waals surface area contributed by atoms with Gasteiger partial charge in [0.1, 0.15) is 0 Å². The van der Waals surface area contributed by atoms with Gasteiger partial charge in [-0.15, -0.1) is 17.0 Å². The van der Waals surface area contributed by atoms with Crippen molar-refractivity contribution in [3.63, 3.8) is 0 Å². The van der Waals surface area contributed by atoms with E-state index in [1.807, 2.05) is 0 Å². The van der Waals surface area contributed by atoms with Crippen LogP contribution in [0.3, 0.4) is 0 Å². The quantitative estimate of drug-likeness (QED) is 0.540. The average Bonchev–Trinajstić information content (AvgIpc) is 2.56. The molecule has 0 fully saturated rings. The van der Waals surface area contributed by atoms with Crippen LogP contribution in [0, 0.1) is 0 Å². The molecule has 3 heteroatoms. The Morgan fingerprint density at radius 2 is 0.714 bits per heavy atom. The molecule has 0 nitrogen and oxygen atoms in total. The van der Waals surface area contributed by atoms with Crippen molar-refractivity contribution >= 4 is 54.3 Å². The van der Waals surface area contributed by atoms with Gasteiger partial charge in [0.2, 0.25) is 0 Å². The van der Waals surface area contributed by atoms with Crippen molar-refractivity contribution in [3.05, 3.63) is 91.0 Å². The number of benzene rings is 3. The molecule has 0 aliphatic heterocycles. The van der Waals surface area contributed by atoms with Crippen LogP contribution in [0.2, 0.25) is 0 Å². The molecule has 0 radical (unpaired) electrons. The fourth-order valence-electron chi connectivity index (χ4n) is 2.50. The van der Waals surface area contributed by atoms with Crippen molar-refractivity contribution in [3.8, 4) is 0 Å².